The van der Waals surface area contributed by atoms with Gasteiger partial charge in [0.15, 0.2) is 11.7 Å². The van der Waals surface area contributed by atoms with Crippen LogP contribution >= 0.6 is 0 Å². The van der Waals surface area contributed by atoms with Crippen LogP contribution in [0, 0.1) is 0 Å². The molecule has 4 aromatic rings. The molecule has 4 aromatic carbocycles. The second-order valence-corrected chi connectivity index (χ2v) is 8.23. The molecule has 0 atom stereocenters. The lowest BCUT2D eigenvalue weighted by molar-refractivity contribution is 1.45. The Morgan fingerprint density at radius 3 is 1.18 bits per heavy atom. The summed E-state index contributed by atoms with van der Waals surface area (Å²) in [5, 5.41) is 6.90. The quantitative estimate of drug-likeness (QED) is 0.359. The Kier molecular flexibility index (Phi) is 4.04. The van der Waals surface area contributed by atoms with E-state index in [1.54, 1.807) is 0 Å². The van der Waals surface area contributed by atoms with Gasteiger partial charge in [-0.2, -0.15) is 0 Å². The summed E-state index contributed by atoms with van der Waals surface area (Å²) in [6, 6.07) is 32.2. The molecule has 0 aliphatic carbocycles. The highest BCUT2D eigenvalue weighted by atomic mass is 15.1. The predicted molar refractivity (Wildman–Crippen MR) is 138 cm³/mol. The largest absolute Gasteiger partial charge is 0.340 e. The molecular formula is C28H18N6. The van der Waals surface area contributed by atoms with Crippen molar-refractivity contribution in [3.63, 3.8) is 0 Å². The van der Waals surface area contributed by atoms with Crippen molar-refractivity contribution in [2.24, 2.45) is 20.0 Å². The average Bonchev–Trinajstić information content (AvgIpc) is 3.39. The van der Waals surface area contributed by atoms with E-state index in [4.69, 9.17) is 20.0 Å². The van der Waals surface area contributed by atoms with Gasteiger partial charge in [-0.15, -0.1) is 0 Å². The fourth-order valence-electron chi connectivity index (χ4n) is 4.34. The molecule has 0 aromatic heterocycles. The molecule has 0 fully saturated rings. The summed E-state index contributed by atoms with van der Waals surface area (Å²) in [6.45, 7) is 0. The van der Waals surface area contributed by atoms with E-state index < -0.39 is 0 Å². The van der Waals surface area contributed by atoms with E-state index in [0.717, 1.165) is 56.7 Å². The van der Waals surface area contributed by atoms with E-state index >= 15 is 0 Å². The smallest absolute Gasteiger partial charge is 0.162 e. The second-order valence-electron chi connectivity index (χ2n) is 8.23. The average molecular weight is 438 g/mol. The SMILES string of the molecule is c1ccc2c(c1)C1=Nc3ccc(cc3)NC3=NC(=Nc4ccc(cc4)NC2=N1)c1ccccc13. The van der Waals surface area contributed by atoms with Crippen molar-refractivity contribution < 1.29 is 0 Å². The van der Waals surface area contributed by atoms with Crippen LogP contribution in [0.15, 0.2) is 117 Å². The number of fused-ring (bicyclic) bond motifs is 2. The molecular weight excluding hydrogens is 420 g/mol. The molecule has 6 heteroatoms. The van der Waals surface area contributed by atoms with Crippen molar-refractivity contribution in [2.45, 2.75) is 0 Å². The summed E-state index contributed by atoms with van der Waals surface area (Å²) in [5.41, 5.74) is 7.62. The zero-order chi connectivity index (χ0) is 22.5. The summed E-state index contributed by atoms with van der Waals surface area (Å²) < 4.78 is 0. The molecule has 160 valence electrons. The third-order valence-corrected chi connectivity index (χ3v) is 6.01. The number of nitrogens with zero attached hydrogens (tertiary/aromatic N) is 4. The van der Waals surface area contributed by atoms with Crippen molar-refractivity contribution in [3.8, 4) is 0 Å². The number of hydrogen-bond donors (Lipinski definition) is 2. The molecule has 0 radical (unpaired) electrons. The van der Waals surface area contributed by atoms with Crippen LogP contribution in [0.25, 0.3) is 0 Å². The van der Waals surface area contributed by atoms with Gasteiger partial charge < -0.3 is 10.6 Å². The topological polar surface area (TPSA) is 73.5 Å². The van der Waals surface area contributed by atoms with Crippen LogP contribution in [0.4, 0.5) is 22.7 Å². The first-order valence-corrected chi connectivity index (χ1v) is 11.1. The Labute approximate surface area is 196 Å². The first-order valence-electron chi connectivity index (χ1n) is 11.1. The molecule has 6 aliphatic heterocycles. The maximum absolute atomic E-state index is 4.83. The molecule has 8 bridgehead atoms. The first kappa shape index (κ1) is 18.7. The highest BCUT2D eigenvalue weighted by Crippen LogP contribution is 2.28. The van der Waals surface area contributed by atoms with E-state index in [-0.39, 0.29) is 0 Å². The molecule has 0 saturated carbocycles. The molecule has 0 amide bonds. The minimum Gasteiger partial charge on any atom is -0.340 e. The van der Waals surface area contributed by atoms with E-state index in [2.05, 4.69) is 34.9 Å². The van der Waals surface area contributed by atoms with Crippen LogP contribution in [-0.2, 0) is 0 Å². The highest BCUT2D eigenvalue weighted by molar-refractivity contribution is 6.27. The van der Waals surface area contributed by atoms with E-state index in [9.17, 15) is 0 Å². The lowest BCUT2D eigenvalue weighted by Crippen LogP contribution is -2.11. The minimum atomic E-state index is 0.694. The van der Waals surface area contributed by atoms with Gasteiger partial charge in [0.2, 0.25) is 0 Å². The highest BCUT2D eigenvalue weighted by Gasteiger charge is 2.23. The third kappa shape index (κ3) is 3.12. The lowest BCUT2D eigenvalue weighted by Gasteiger charge is -2.07. The Morgan fingerprint density at radius 1 is 0.382 bits per heavy atom. The van der Waals surface area contributed by atoms with Crippen molar-refractivity contribution in [1.29, 1.82) is 0 Å². The van der Waals surface area contributed by atoms with Crippen molar-refractivity contribution in [2.75, 3.05) is 10.6 Å². The Hall–Kier alpha value is -4.84. The molecule has 0 unspecified atom stereocenters. The molecule has 0 saturated heterocycles. The van der Waals surface area contributed by atoms with Gasteiger partial charge in [-0.3, -0.25) is 0 Å². The van der Waals surface area contributed by atoms with Gasteiger partial charge >= 0.3 is 0 Å². The van der Waals surface area contributed by atoms with Gasteiger partial charge in [-0.1, -0.05) is 48.5 Å². The van der Waals surface area contributed by atoms with Gasteiger partial charge in [0.05, 0.1) is 11.4 Å². The Morgan fingerprint density at radius 2 is 0.765 bits per heavy atom. The zero-order valence-corrected chi connectivity index (χ0v) is 18.0. The predicted octanol–water partition coefficient (Wildman–Crippen LogP) is 5.90. The monoisotopic (exact) mass is 438 g/mol. The van der Waals surface area contributed by atoms with E-state index in [1.165, 1.54) is 0 Å². The first-order chi connectivity index (χ1) is 16.8. The van der Waals surface area contributed by atoms with Crippen LogP contribution in [0.1, 0.15) is 22.3 Å². The number of amidine groups is 4. The van der Waals surface area contributed by atoms with Gasteiger partial charge in [0.1, 0.15) is 11.7 Å². The van der Waals surface area contributed by atoms with Crippen LogP contribution in [0.5, 0.6) is 0 Å². The second kappa shape index (κ2) is 7.35. The lowest BCUT2D eigenvalue weighted by atomic mass is 10.1. The van der Waals surface area contributed by atoms with Crippen LogP contribution in [0.2, 0.25) is 0 Å². The van der Waals surface area contributed by atoms with Crippen molar-refractivity contribution in [3.05, 3.63) is 119 Å². The number of benzene rings is 4. The van der Waals surface area contributed by atoms with Crippen LogP contribution < -0.4 is 10.6 Å². The number of anilines is 2. The Bertz CT molecular complexity index is 1450. The fraction of sp³-hybridized carbons (Fsp3) is 0. The van der Waals surface area contributed by atoms with Crippen molar-refractivity contribution >= 4 is 46.1 Å². The van der Waals surface area contributed by atoms with E-state index in [0.29, 0.717) is 11.7 Å². The molecule has 6 aliphatic rings. The van der Waals surface area contributed by atoms with Crippen LogP contribution in [0.3, 0.4) is 0 Å². The normalized spacial score (nSPS) is 15.1. The standard InChI is InChI=1S/C28H18N6/c1-2-6-22-21(5-1)25-29-17-9-11-19(12-10-17)31-27-23-7-3-4-8-24(23)28(34-27)32-20-15-13-18(14-16-20)30-26(22)33-25/h1-16H,(H,29,30,33)(H,31,32,34). The maximum Gasteiger partial charge on any atom is 0.162 e. The summed E-state index contributed by atoms with van der Waals surface area (Å²) >= 11 is 0. The van der Waals surface area contributed by atoms with Crippen LogP contribution in [-0.4, -0.2) is 23.3 Å². The molecule has 6 nitrogen and oxygen atoms in total. The summed E-state index contributed by atoms with van der Waals surface area (Å²) in [6.07, 6.45) is 0. The molecule has 6 heterocycles. The molecule has 2 N–H and O–H groups in total. The minimum absolute atomic E-state index is 0.694. The summed E-state index contributed by atoms with van der Waals surface area (Å²) in [7, 11) is 0. The molecule has 0 spiro atoms. The maximum atomic E-state index is 4.83. The number of nitrogens with one attached hydrogen (secondary N) is 2. The summed E-state index contributed by atoms with van der Waals surface area (Å²) in [4.78, 5) is 19.3. The number of rotatable bonds is 0. The van der Waals surface area contributed by atoms with Gasteiger partial charge in [0, 0.05) is 33.6 Å². The summed E-state index contributed by atoms with van der Waals surface area (Å²) in [5.74, 6) is 2.96. The third-order valence-electron chi connectivity index (χ3n) is 6.01. The van der Waals surface area contributed by atoms with Gasteiger partial charge in [-0.05, 0) is 48.5 Å². The molecule has 34 heavy (non-hydrogen) atoms. The molecule has 10 rings (SSSR count). The van der Waals surface area contributed by atoms with Gasteiger partial charge in [0.25, 0.3) is 0 Å². The fourth-order valence-corrected chi connectivity index (χ4v) is 4.34. The number of aliphatic imine (C=N–C) groups is 4. The zero-order valence-electron chi connectivity index (χ0n) is 18.0. The number of hydrogen-bond acceptors (Lipinski definition) is 6. The van der Waals surface area contributed by atoms with E-state index in [1.807, 2.05) is 72.8 Å². The van der Waals surface area contributed by atoms with Crippen molar-refractivity contribution in [1.82, 2.24) is 0 Å². The van der Waals surface area contributed by atoms with Gasteiger partial charge in [-0.25, -0.2) is 20.0 Å². The Balaban J connectivity index is 1.39.